The molecule has 7 heteroatoms. The monoisotopic (exact) mass is 366 g/mol. The number of amides is 1. The van der Waals surface area contributed by atoms with E-state index >= 15 is 0 Å². The van der Waals surface area contributed by atoms with Crippen LogP contribution < -0.4 is 0 Å². The average molecular weight is 367 g/mol. The van der Waals surface area contributed by atoms with Crippen LogP contribution in [0.3, 0.4) is 0 Å². The third-order valence-corrected chi connectivity index (χ3v) is 4.62. The highest BCUT2D eigenvalue weighted by Gasteiger charge is 2.19. The summed E-state index contributed by atoms with van der Waals surface area (Å²) in [7, 11) is 1.67. The Bertz CT molecular complexity index is 780. The zero-order chi connectivity index (χ0) is 17.9. The first-order chi connectivity index (χ1) is 11.3. The van der Waals surface area contributed by atoms with Gasteiger partial charge in [-0.3, -0.25) is 14.9 Å². The van der Waals surface area contributed by atoms with Crippen LogP contribution >= 0.6 is 23.2 Å². The number of nitro groups is 1. The topological polar surface area (TPSA) is 63.5 Å². The van der Waals surface area contributed by atoms with Crippen molar-refractivity contribution in [1.82, 2.24) is 4.90 Å². The Morgan fingerprint density at radius 3 is 2.54 bits per heavy atom. The van der Waals surface area contributed by atoms with E-state index in [1.165, 1.54) is 12.1 Å². The minimum absolute atomic E-state index is 0.00434. The smallest absolute Gasteiger partial charge is 0.269 e. The van der Waals surface area contributed by atoms with Crippen molar-refractivity contribution in [2.75, 3.05) is 7.05 Å². The third kappa shape index (κ3) is 4.24. The van der Waals surface area contributed by atoms with E-state index in [2.05, 4.69) is 0 Å². The maximum Gasteiger partial charge on any atom is 0.269 e. The minimum atomic E-state index is -0.451. The van der Waals surface area contributed by atoms with Crippen LogP contribution in [-0.4, -0.2) is 22.8 Å². The molecule has 1 amide bonds. The second-order valence-electron chi connectivity index (χ2n) is 5.46. The molecule has 0 heterocycles. The summed E-state index contributed by atoms with van der Waals surface area (Å²) in [6.07, 6.45) is 0.173. The summed E-state index contributed by atoms with van der Waals surface area (Å²) in [5.74, 6) is -0.118. The van der Waals surface area contributed by atoms with Crippen molar-refractivity contribution in [3.63, 3.8) is 0 Å². The molecule has 0 unspecified atom stereocenters. The second kappa shape index (κ2) is 7.64. The fourth-order valence-corrected chi connectivity index (χ4v) is 2.61. The first-order valence-electron chi connectivity index (χ1n) is 7.23. The number of non-ortho nitro benzene ring substituents is 1. The maximum absolute atomic E-state index is 12.5. The van der Waals surface area contributed by atoms with Crippen LogP contribution in [0.1, 0.15) is 24.1 Å². The van der Waals surface area contributed by atoms with Crippen molar-refractivity contribution < 1.29 is 9.72 Å². The van der Waals surface area contributed by atoms with Gasteiger partial charge in [0.25, 0.3) is 5.69 Å². The van der Waals surface area contributed by atoms with Crippen LogP contribution in [0.15, 0.2) is 42.5 Å². The third-order valence-electron chi connectivity index (χ3n) is 3.88. The summed E-state index contributed by atoms with van der Waals surface area (Å²) in [5.41, 5.74) is 1.46. The van der Waals surface area contributed by atoms with Gasteiger partial charge in [-0.15, -0.1) is 0 Å². The van der Waals surface area contributed by atoms with Crippen molar-refractivity contribution in [2.45, 2.75) is 19.4 Å². The first kappa shape index (κ1) is 18.2. The zero-order valence-electron chi connectivity index (χ0n) is 13.2. The number of hydrogen-bond donors (Lipinski definition) is 0. The minimum Gasteiger partial charge on any atom is -0.339 e. The SMILES string of the molecule is C[C@@H](c1cccc([N+](=O)[O-])c1)N(C)C(=O)Cc1ccc(Cl)c(Cl)c1. The molecule has 0 aromatic heterocycles. The molecule has 0 fully saturated rings. The summed E-state index contributed by atoms with van der Waals surface area (Å²) < 4.78 is 0. The van der Waals surface area contributed by atoms with Crippen molar-refractivity contribution in [3.8, 4) is 0 Å². The molecule has 0 aliphatic rings. The van der Waals surface area contributed by atoms with Gasteiger partial charge >= 0.3 is 0 Å². The van der Waals surface area contributed by atoms with E-state index < -0.39 is 4.92 Å². The second-order valence-corrected chi connectivity index (χ2v) is 6.27. The number of nitro benzene ring substituents is 1. The number of likely N-dealkylation sites (N-methyl/N-ethyl adjacent to an activating group) is 1. The first-order valence-corrected chi connectivity index (χ1v) is 7.99. The molecule has 0 radical (unpaired) electrons. The van der Waals surface area contributed by atoms with Gasteiger partial charge < -0.3 is 4.90 Å². The quantitative estimate of drug-likeness (QED) is 0.570. The van der Waals surface area contributed by atoms with E-state index in [9.17, 15) is 14.9 Å². The van der Waals surface area contributed by atoms with Crippen LogP contribution in [-0.2, 0) is 11.2 Å². The Morgan fingerprint density at radius 1 is 1.21 bits per heavy atom. The normalized spacial score (nSPS) is 11.8. The molecular weight excluding hydrogens is 351 g/mol. The van der Waals surface area contributed by atoms with Crippen molar-refractivity contribution in [3.05, 3.63) is 73.8 Å². The molecular formula is C17H16Cl2N2O3. The van der Waals surface area contributed by atoms with Crippen LogP contribution in [0.25, 0.3) is 0 Å². The molecule has 2 rings (SSSR count). The Hall–Kier alpha value is -2.11. The van der Waals surface area contributed by atoms with Gasteiger partial charge in [0.15, 0.2) is 0 Å². The van der Waals surface area contributed by atoms with Crippen LogP contribution in [0.4, 0.5) is 5.69 Å². The highest BCUT2D eigenvalue weighted by Crippen LogP contribution is 2.25. The van der Waals surface area contributed by atoms with Crippen molar-refractivity contribution >= 4 is 34.8 Å². The fourth-order valence-electron chi connectivity index (χ4n) is 2.29. The highest BCUT2D eigenvalue weighted by atomic mass is 35.5. The zero-order valence-corrected chi connectivity index (χ0v) is 14.7. The lowest BCUT2D eigenvalue weighted by atomic mass is 10.1. The summed E-state index contributed by atoms with van der Waals surface area (Å²) in [4.78, 5) is 24.4. The lowest BCUT2D eigenvalue weighted by Gasteiger charge is -2.25. The molecule has 0 N–H and O–H groups in total. The van der Waals surface area contributed by atoms with Gasteiger partial charge in [-0.05, 0) is 30.2 Å². The number of halogens is 2. The molecule has 0 aliphatic carbocycles. The summed E-state index contributed by atoms with van der Waals surface area (Å²) in [5, 5.41) is 11.7. The van der Waals surface area contributed by atoms with E-state index in [1.807, 2.05) is 6.92 Å². The van der Waals surface area contributed by atoms with Gasteiger partial charge in [0.05, 0.1) is 27.4 Å². The maximum atomic E-state index is 12.5. The highest BCUT2D eigenvalue weighted by molar-refractivity contribution is 6.42. The molecule has 2 aromatic carbocycles. The van der Waals surface area contributed by atoms with E-state index in [4.69, 9.17) is 23.2 Å². The van der Waals surface area contributed by atoms with Gasteiger partial charge in [0.2, 0.25) is 5.91 Å². The number of hydrogen-bond acceptors (Lipinski definition) is 3. The van der Waals surface area contributed by atoms with E-state index in [0.717, 1.165) is 5.56 Å². The summed E-state index contributed by atoms with van der Waals surface area (Å²) in [6, 6.07) is 11.0. The van der Waals surface area contributed by atoms with Crippen LogP contribution in [0, 0.1) is 10.1 Å². The average Bonchev–Trinajstić information content (AvgIpc) is 2.56. The van der Waals surface area contributed by atoms with E-state index in [0.29, 0.717) is 15.6 Å². The van der Waals surface area contributed by atoms with Gasteiger partial charge in [-0.25, -0.2) is 0 Å². The molecule has 0 spiro atoms. The van der Waals surface area contributed by atoms with Gasteiger partial charge in [-0.1, -0.05) is 41.4 Å². The Labute approximate surface area is 149 Å². The molecule has 24 heavy (non-hydrogen) atoms. The van der Waals surface area contributed by atoms with Crippen LogP contribution in [0.2, 0.25) is 10.0 Å². The standard InChI is InChI=1S/C17H16Cl2N2O3/c1-11(13-4-3-5-14(10-13)21(23)24)20(2)17(22)9-12-6-7-15(18)16(19)8-12/h3-8,10-11H,9H2,1-2H3/t11-/m0/s1. The lowest BCUT2D eigenvalue weighted by Crippen LogP contribution is -2.31. The fraction of sp³-hybridized carbons (Fsp3) is 0.235. The number of nitrogens with zero attached hydrogens (tertiary/aromatic N) is 2. The molecule has 5 nitrogen and oxygen atoms in total. The number of carbonyl (C=O) groups excluding carboxylic acids is 1. The largest absolute Gasteiger partial charge is 0.339 e. The van der Waals surface area contributed by atoms with Crippen molar-refractivity contribution in [1.29, 1.82) is 0 Å². The van der Waals surface area contributed by atoms with Crippen LogP contribution in [0.5, 0.6) is 0 Å². The molecule has 0 aliphatic heterocycles. The van der Waals surface area contributed by atoms with E-state index in [1.54, 1.807) is 42.3 Å². The summed E-state index contributed by atoms with van der Waals surface area (Å²) in [6.45, 7) is 1.83. The number of benzene rings is 2. The Balaban J connectivity index is 2.13. The predicted molar refractivity (Wildman–Crippen MR) is 94.4 cm³/mol. The molecule has 2 aromatic rings. The van der Waals surface area contributed by atoms with Gasteiger partial charge in [0, 0.05) is 19.2 Å². The Morgan fingerprint density at radius 2 is 1.92 bits per heavy atom. The van der Waals surface area contributed by atoms with Crippen molar-refractivity contribution in [2.24, 2.45) is 0 Å². The van der Waals surface area contributed by atoms with Gasteiger partial charge in [-0.2, -0.15) is 0 Å². The predicted octanol–water partition coefficient (Wildman–Crippen LogP) is 4.66. The molecule has 1 atom stereocenters. The Kier molecular flexibility index (Phi) is 5.80. The molecule has 0 saturated carbocycles. The molecule has 0 bridgehead atoms. The lowest BCUT2D eigenvalue weighted by molar-refractivity contribution is -0.384. The number of carbonyl (C=O) groups is 1. The summed E-state index contributed by atoms with van der Waals surface area (Å²) >= 11 is 11.8. The van der Waals surface area contributed by atoms with E-state index in [-0.39, 0.29) is 24.1 Å². The molecule has 0 saturated heterocycles. The number of rotatable bonds is 5. The molecule has 126 valence electrons. The van der Waals surface area contributed by atoms with Gasteiger partial charge in [0.1, 0.15) is 0 Å².